The summed E-state index contributed by atoms with van der Waals surface area (Å²) in [5.74, 6) is -0.836. The van der Waals surface area contributed by atoms with Crippen LogP contribution in [0.15, 0.2) is 28.8 Å². The third-order valence-electron chi connectivity index (χ3n) is 3.03. The number of amides is 1. The molecule has 0 spiro atoms. The quantitative estimate of drug-likeness (QED) is 0.891. The van der Waals surface area contributed by atoms with E-state index in [4.69, 9.17) is 9.26 Å². The maximum atomic E-state index is 13.7. The first-order valence-electron chi connectivity index (χ1n) is 6.80. The molecule has 2 aromatic rings. The molecule has 7 heteroatoms. The second-order valence-corrected chi connectivity index (χ2v) is 4.76. The minimum absolute atomic E-state index is 0.105. The van der Waals surface area contributed by atoms with Crippen LogP contribution < -0.4 is 10.1 Å². The summed E-state index contributed by atoms with van der Waals surface area (Å²) in [7, 11) is 0. The molecule has 0 aliphatic rings. The standard InChI is InChI=1S/C15H16F2N2O3/c1-3-13(11-7-10(16)4-5-12(11)17)18-14(20)8-21-15-6-9(2)22-19-15/h4-7,13H,3,8H2,1-2H3,(H,18,20). The second kappa shape index (κ2) is 7.02. The Morgan fingerprint density at radius 2 is 2.18 bits per heavy atom. The molecule has 1 atom stereocenters. The minimum atomic E-state index is -0.633. The highest BCUT2D eigenvalue weighted by Gasteiger charge is 2.18. The number of nitrogens with one attached hydrogen (secondary N) is 1. The van der Waals surface area contributed by atoms with Crippen LogP contribution in [0.1, 0.15) is 30.7 Å². The fourth-order valence-electron chi connectivity index (χ4n) is 1.97. The zero-order valence-corrected chi connectivity index (χ0v) is 12.2. The molecule has 1 amide bonds. The van der Waals surface area contributed by atoms with Gasteiger partial charge in [0.05, 0.1) is 6.04 Å². The van der Waals surface area contributed by atoms with E-state index >= 15 is 0 Å². The molecule has 118 valence electrons. The van der Waals surface area contributed by atoms with E-state index in [1.54, 1.807) is 13.8 Å². The largest absolute Gasteiger partial charge is 0.465 e. The lowest BCUT2D eigenvalue weighted by atomic mass is 10.0. The smallest absolute Gasteiger partial charge is 0.258 e. The topological polar surface area (TPSA) is 64.4 Å². The molecule has 0 saturated heterocycles. The molecule has 0 bridgehead atoms. The summed E-state index contributed by atoms with van der Waals surface area (Å²) in [5.41, 5.74) is 0.105. The maximum Gasteiger partial charge on any atom is 0.258 e. The second-order valence-electron chi connectivity index (χ2n) is 4.76. The summed E-state index contributed by atoms with van der Waals surface area (Å²) in [5, 5.41) is 6.18. The Labute approximate surface area is 126 Å². The van der Waals surface area contributed by atoms with Crippen molar-refractivity contribution >= 4 is 5.91 Å². The highest BCUT2D eigenvalue weighted by molar-refractivity contribution is 5.78. The average Bonchev–Trinajstić information content (AvgIpc) is 2.91. The average molecular weight is 310 g/mol. The molecule has 1 aromatic carbocycles. The van der Waals surface area contributed by atoms with Crippen molar-refractivity contribution in [1.82, 2.24) is 10.5 Å². The van der Waals surface area contributed by atoms with Gasteiger partial charge in [-0.15, -0.1) is 0 Å². The zero-order chi connectivity index (χ0) is 16.1. The number of hydrogen-bond donors (Lipinski definition) is 1. The number of carbonyl (C=O) groups excluding carboxylic acids is 1. The van der Waals surface area contributed by atoms with Crippen LogP contribution in [0, 0.1) is 18.6 Å². The molecule has 1 N–H and O–H groups in total. The van der Waals surface area contributed by atoms with E-state index in [0.717, 1.165) is 18.2 Å². The van der Waals surface area contributed by atoms with Gasteiger partial charge in [-0.1, -0.05) is 6.92 Å². The van der Waals surface area contributed by atoms with Gasteiger partial charge in [0.2, 0.25) is 0 Å². The van der Waals surface area contributed by atoms with E-state index in [9.17, 15) is 13.6 Å². The molecule has 22 heavy (non-hydrogen) atoms. The number of aryl methyl sites for hydroxylation is 1. The lowest BCUT2D eigenvalue weighted by Crippen LogP contribution is -2.33. The molecular formula is C15H16F2N2O3. The Bertz CT molecular complexity index is 658. The Morgan fingerprint density at radius 3 is 2.82 bits per heavy atom. The molecule has 1 aromatic heterocycles. The first-order valence-corrected chi connectivity index (χ1v) is 6.80. The maximum absolute atomic E-state index is 13.7. The lowest BCUT2D eigenvalue weighted by Gasteiger charge is -2.18. The Kier molecular flexibility index (Phi) is 5.08. The Morgan fingerprint density at radius 1 is 1.41 bits per heavy atom. The normalized spacial score (nSPS) is 12.0. The minimum Gasteiger partial charge on any atom is -0.465 e. The van der Waals surface area contributed by atoms with Gasteiger partial charge in [-0.25, -0.2) is 8.78 Å². The molecule has 1 heterocycles. The van der Waals surface area contributed by atoms with Crippen molar-refractivity contribution in [2.45, 2.75) is 26.3 Å². The Hall–Kier alpha value is -2.44. The van der Waals surface area contributed by atoms with E-state index in [0.29, 0.717) is 12.2 Å². The molecule has 0 saturated carbocycles. The molecule has 0 aliphatic carbocycles. The SMILES string of the molecule is CCC(NC(=O)COc1cc(C)on1)c1cc(F)ccc1F. The number of aromatic nitrogens is 1. The van der Waals surface area contributed by atoms with Crippen LogP contribution in [0.2, 0.25) is 0 Å². The van der Waals surface area contributed by atoms with Gasteiger partial charge in [0.1, 0.15) is 17.4 Å². The van der Waals surface area contributed by atoms with Crippen molar-refractivity contribution in [3.8, 4) is 5.88 Å². The van der Waals surface area contributed by atoms with Crippen LogP contribution in [0.5, 0.6) is 5.88 Å². The third kappa shape index (κ3) is 4.03. The van der Waals surface area contributed by atoms with Gasteiger partial charge in [0.25, 0.3) is 11.8 Å². The summed E-state index contributed by atoms with van der Waals surface area (Å²) in [6, 6.07) is 4.05. The first-order chi connectivity index (χ1) is 10.5. The number of ether oxygens (including phenoxy) is 1. The predicted octanol–water partition coefficient (Wildman–Crippen LogP) is 2.91. The zero-order valence-electron chi connectivity index (χ0n) is 12.2. The van der Waals surface area contributed by atoms with Gasteiger partial charge in [-0.2, -0.15) is 0 Å². The van der Waals surface area contributed by atoms with Crippen molar-refractivity contribution < 1.29 is 22.8 Å². The number of carbonyl (C=O) groups is 1. The number of nitrogens with zero attached hydrogens (tertiary/aromatic N) is 1. The van der Waals surface area contributed by atoms with Crippen molar-refractivity contribution in [3.63, 3.8) is 0 Å². The van der Waals surface area contributed by atoms with Crippen molar-refractivity contribution in [3.05, 3.63) is 47.2 Å². The number of benzene rings is 1. The van der Waals surface area contributed by atoms with Crippen LogP contribution in [-0.4, -0.2) is 17.7 Å². The lowest BCUT2D eigenvalue weighted by molar-refractivity contribution is -0.124. The number of hydrogen-bond acceptors (Lipinski definition) is 4. The van der Waals surface area contributed by atoms with Crippen LogP contribution in [0.4, 0.5) is 8.78 Å². The summed E-state index contributed by atoms with van der Waals surface area (Å²) in [6.07, 6.45) is 0.412. The van der Waals surface area contributed by atoms with Crippen LogP contribution in [0.25, 0.3) is 0 Å². The number of rotatable bonds is 6. The van der Waals surface area contributed by atoms with Crippen LogP contribution >= 0.6 is 0 Å². The van der Waals surface area contributed by atoms with Gasteiger partial charge in [-0.05, 0) is 36.7 Å². The summed E-state index contributed by atoms with van der Waals surface area (Å²) >= 11 is 0. The van der Waals surface area contributed by atoms with Gasteiger partial charge in [0, 0.05) is 11.6 Å². The monoisotopic (exact) mass is 310 g/mol. The van der Waals surface area contributed by atoms with Gasteiger partial charge in [0.15, 0.2) is 6.61 Å². The molecule has 1 unspecified atom stereocenters. The molecule has 5 nitrogen and oxygen atoms in total. The Balaban J connectivity index is 1.97. The van der Waals surface area contributed by atoms with Gasteiger partial charge >= 0.3 is 0 Å². The van der Waals surface area contributed by atoms with Gasteiger partial charge in [-0.3, -0.25) is 4.79 Å². The highest BCUT2D eigenvalue weighted by Crippen LogP contribution is 2.21. The van der Waals surface area contributed by atoms with E-state index < -0.39 is 23.6 Å². The van der Waals surface area contributed by atoms with Crippen LogP contribution in [-0.2, 0) is 4.79 Å². The predicted molar refractivity (Wildman–Crippen MR) is 74.3 cm³/mol. The summed E-state index contributed by atoms with van der Waals surface area (Å²) in [6.45, 7) is 3.16. The molecule has 0 aliphatic heterocycles. The molecule has 2 rings (SSSR count). The number of halogens is 2. The first kappa shape index (κ1) is 15.9. The van der Waals surface area contributed by atoms with E-state index in [1.165, 1.54) is 6.07 Å². The van der Waals surface area contributed by atoms with Gasteiger partial charge < -0.3 is 14.6 Å². The van der Waals surface area contributed by atoms with E-state index in [2.05, 4.69) is 10.5 Å². The fraction of sp³-hybridized carbons (Fsp3) is 0.333. The van der Waals surface area contributed by atoms with Crippen molar-refractivity contribution in [1.29, 1.82) is 0 Å². The third-order valence-corrected chi connectivity index (χ3v) is 3.03. The van der Waals surface area contributed by atoms with Crippen molar-refractivity contribution in [2.24, 2.45) is 0 Å². The molecule has 0 radical (unpaired) electrons. The summed E-state index contributed by atoms with van der Waals surface area (Å²) in [4.78, 5) is 11.9. The van der Waals surface area contributed by atoms with Crippen LogP contribution in [0.3, 0.4) is 0 Å². The van der Waals surface area contributed by atoms with Crippen molar-refractivity contribution in [2.75, 3.05) is 6.61 Å². The van der Waals surface area contributed by atoms with E-state index in [1.807, 2.05) is 0 Å². The summed E-state index contributed by atoms with van der Waals surface area (Å²) < 4.78 is 36.9. The molecular weight excluding hydrogens is 294 g/mol. The highest BCUT2D eigenvalue weighted by atomic mass is 19.1. The van der Waals surface area contributed by atoms with E-state index in [-0.39, 0.29) is 18.1 Å². The molecule has 0 fully saturated rings. The fourth-order valence-corrected chi connectivity index (χ4v) is 1.97.